The summed E-state index contributed by atoms with van der Waals surface area (Å²) in [6, 6.07) is 12.3. The number of halogens is 1. The molecule has 2 aromatic carbocycles. The number of carbonyl (C=O) groups is 1. The highest BCUT2D eigenvalue weighted by Gasteiger charge is 2.28. The van der Waals surface area contributed by atoms with Crippen molar-refractivity contribution in [3.63, 3.8) is 0 Å². The van der Waals surface area contributed by atoms with Crippen LogP contribution < -0.4 is 4.90 Å². The van der Waals surface area contributed by atoms with E-state index in [0.717, 1.165) is 28.2 Å². The lowest BCUT2D eigenvalue weighted by Gasteiger charge is -2.29. The summed E-state index contributed by atoms with van der Waals surface area (Å²) in [5.74, 6) is -0.201. The fourth-order valence-electron chi connectivity index (χ4n) is 4.40. The summed E-state index contributed by atoms with van der Waals surface area (Å²) in [4.78, 5) is 23.9. The first-order valence-corrected chi connectivity index (χ1v) is 15.7. The molecule has 2 aliphatic rings. The van der Waals surface area contributed by atoms with Crippen molar-refractivity contribution in [3.8, 4) is 0 Å². The van der Waals surface area contributed by atoms with Gasteiger partial charge in [0.1, 0.15) is 0 Å². The van der Waals surface area contributed by atoms with Gasteiger partial charge >= 0.3 is 0 Å². The maximum absolute atomic E-state index is 13.8. The lowest BCUT2D eigenvalue weighted by atomic mass is 10.2. The predicted octanol–water partition coefficient (Wildman–Crippen LogP) is 3.44. The van der Waals surface area contributed by atoms with Crippen LogP contribution in [0.5, 0.6) is 0 Å². The number of nitrogens with zero attached hydrogens (tertiary/aromatic N) is 4. The fourth-order valence-corrected chi connectivity index (χ4v) is 7.46. The Balaban J connectivity index is 0.00000336. The summed E-state index contributed by atoms with van der Waals surface area (Å²) in [6.45, 7) is 5.62. The van der Waals surface area contributed by atoms with Crippen LogP contribution >= 0.6 is 35.5 Å². The Morgan fingerprint density at radius 1 is 1.03 bits per heavy atom. The number of thioether (sulfide) groups is 1. The number of hydrogen-bond donors (Lipinski definition) is 0. The third-order valence-electron chi connectivity index (χ3n) is 6.52. The van der Waals surface area contributed by atoms with E-state index in [0.29, 0.717) is 63.3 Å². The Kier molecular flexibility index (Phi) is 10.0. The molecule has 1 amide bonds. The highest BCUT2D eigenvalue weighted by atomic mass is 35.5. The average molecular weight is 599 g/mol. The van der Waals surface area contributed by atoms with Gasteiger partial charge in [-0.05, 0) is 42.7 Å². The molecule has 0 spiro atoms. The number of para-hydroxylation sites is 1. The number of amides is 1. The molecule has 2 saturated heterocycles. The number of morpholine rings is 2. The summed E-state index contributed by atoms with van der Waals surface area (Å²) in [5.41, 5.74) is 1.32. The summed E-state index contributed by atoms with van der Waals surface area (Å²) in [6.07, 6.45) is 2.02. The van der Waals surface area contributed by atoms with Crippen LogP contribution in [0.2, 0.25) is 0 Å². The van der Waals surface area contributed by atoms with Crippen molar-refractivity contribution in [2.45, 2.75) is 9.79 Å². The zero-order valence-corrected chi connectivity index (χ0v) is 24.3. The van der Waals surface area contributed by atoms with Crippen LogP contribution in [0.15, 0.2) is 52.3 Å². The molecular weight excluding hydrogens is 568 g/mol. The Hall–Kier alpha value is -1.77. The van der Waals surface area contributed by atoms with Crippen molar-refractivity contribution in [1.29, 1.82) is 0 Å². The second kappa shape index (κ2) is 13.1. The molecule has 1 aromatic heterocycles. The first-order valence-electron chi connectivity index (χ1n) is 12.2. The molecule has 0 saturated carbocycles. The van der Waals surface area contributed by atoms with E-state index in [4.69, 9.17) is 14.5 Å². The number of sulfonamides is 1. The average Bonchev–Trinajstić information content (AvgIpc) is 3.38. The van der Waals surface area contributed by atoms with Crippen LogP contribution in [0.3, 0.4) is 0 Å². The van der Waals surface area contributed by atoms with Gasteiger partial charge in [-0.1, -0.05) is 17.4 Å². The number of thiazole rings is 1. The normalized spacial score (nSPS) is 17.3. The highest BCUT2D eigenvalue weighted by Crippen LogP contribution is 2.34. The van der Waals surface area contributed by atoms with Crippen LogP contribution in [0, 0.1) is 0 Å². The van der Waals surface area contributed by atoms with Gasteiger partial charge in [0.15, 0.2) is 5.13 Å². The highest BCUT2D eigenvalue weighted by molar-refractivity contribution is 7.98. The van der Waals surface area contributed by atoms with Gasteiger partial charge in [0, 0.05) is 49.7 Å². The Labute approximate surface area is 237 Å². The van der Waals surface area contributed by atoms with Crippen LogP contribution in [-0.2, 0) is 19.5 Å². The van der Waals surface area contributed by atoms with Gasteiger partial charge in [-0.2, -0.15) is 4.31 Å². The SMILES string of the molecule is CSc1cccc2sc(N(CCN3CCOCC3)C(=O)c3ccc(S(=O)(=O)N4CCOCC4)cc3)nc12.Cl. The fraction of sp³-hybridized carbons (Fsp3) is 0.440. The van der Waals surface area contributed by atoms with Gasteiger partial charge in [-0.15, -0.1) is 24.2 Å². The minimum absolute atomic E-state index is 0. The Morgan fingerprint density at radius 3 is 2.34 bits per heavy atom. The van der Waals surface area contributed by atoms with Crippen molar-refractivity contribution < 1.29 is 22.7 Å². The number of hydrogen-bond acceptors (Lipinski definition) is 9. The smallest absolute Gasteiger partial charge is 0.260 e. The van der Waals surface area contributed by atoms with Gasteiger partial charge in [-0.25, -0.2) is 13.4 Å². The zero-order valence-electron chi connectivity index (χ0n) is 21.1. The van der Waals surface area contributed by atoms with Crippen molar-refractivity contribution >= 4 is 66.8 Å². The van der Waals surface area contributed by atoms with Gasteiger partial charge in [0.2, 0.25) is 10.0 Å². The van der Waals surface area contributed by atoms with Crippen LogP contribution in [0.4, 0.5) is 5.13 Å². The molecule has 0 bridgehead atoms. The van der Waals surface area contributed by atoms with Gasteiger partial charge in [0.25, 0.3) is 5.91 Å². The Morgan fingerprint density at radius 2 is 1.68 bits per heavy atom. The molecule has 38 heavy (non-hydrogen) atoms. The number of carbonyl (C=O) groups excluding carboxylic acids is 1. The predicted molar refractivity (Wildman–Crippen MR) is 154 cm³/mol. The Bertz CT molecular complexity index is 1340. The monoisotopic (exact) mass is 598 g/mol. The van der Waals surface area contributed by atoms with E-state index in [-0.39, 0.29) is 23.2 Å². The maximum Gasteiger partial charge on any atom is 0.260 e. The van der Waals surface area contributed by atoms with Crippen LogP contribution in [-0.4, -0.2) is 100 Å². The van der Waals surface area contributed by atoms with E-state index in [9.17, 15) is 13.2 Å². The molecule has 3 heterocycles. The number of aromatic nitrogens is 1. The van der Waals surface area contributed by atoms with E-state index in [1.165, 1.54) is 27.8 Å². The standard InChI is InChI=1S/C25H30N4O5S3.ClH/c1-35-21-3-2-4-22-23(21)26-25(36-22)29(10-9-27-11-15-33-16-12-27)24(30)19-5-7-20(8-6-19)37(31,32)28-13-17-34-18-14-28;/h2-8H,9-18H2,1H3;1H. The van der Waals surface area contributed by atoms with Gasteiger partial charge in [-0.3, -0.25) is 14.6 Å². The first-order chi connectivity index (χ1) is 18.0. The molecule has 5 rings (SSSR count). The topological polar surface area (TPSA) is 92.3 Å². The summed E-state index contributed by atoms with van der Waals surface area (Å²) in [7, 11) is -3.63. The van der Waals surface area contributed by atoms with E-state index >= 15 is 0 Å². The second-order valence-electron chi connectivity index (χ2n) is 8.76. The molecule has 13 heteroatoms. The van der Waals surface area contributed by atoms with Crippen LogP contribution in [0.1, 0.15) is 10.4 Å². The summed E-state index contributed by atoms with van der Waals surface area (Å²) in [5, 5.41) is 0.639. The van der Waals surface area contributed by atoms with E-state index in [1.807, 2.05) is 24.5 Å². The minimum atomic E-state index is -3.63. The molecule has 0 radical (unpaired) electrons. The van der Waals surface area contributed by atoms with Crippen molar-refractivity contribution in [3.05, 3.63) is 48.0 Å². The molecular formula is C25H31ClN4O5S3. The number of benzene rings is 2. The third kappa shape index (κ3) is 6.34. The van der Waals surface area contributed by atoms with Gasteiger partial charge < -0.3 is 9.47 Å². The van der Waals surface area contributed by atoms with Crippen LogP contribution in [0.25, 0.3) is 10.2 Å². The minimum Gasteiger partial charge on any atom is -0.379 e. The molecule has 0 atom stereocenters. The van der Waals surface area contributed by atoms with Crippen molar-refractivity contribution in [2.24, 2.45) is 0 Å². The third-order valence-corrected chi connectivity index (χ3v) is 10.2. The zero-order chi connectivity index (χ0) is 25.8. The molecule has 2 fully saturated rings. The first kappa shape index (κ1) is 29.2. The number of rotatable bonds is 8. The van der Waals surface area contributed by atoms with E-state index in [1.54, 1.807) is 28.8 Å². The second-order valence-corrected chi connectivity index (χ2v) is 12.6. The van der Waals surface area contributed by atoms with Gasteiger partial charge in [0.05, 0.1) is 41.5 Å². The number of anilines is 1. The lowest BCUT2D eigenvalue weighted by molar-refractivity contribution is 0.0391. The quantitative estimate of drug-likeness (QED) is 0.364. The largest absolute Gasteiger partial charge is 0.379 e. The number of fused-ring (bicyclic) bond motifs is 1. The van der Waals surface area contributed by atoms with E-state index in [2.05, 4.69) is 4.90 Å². The molecule has 206 valence electrons. The molecule has 3 aromatic rings. The number of ether oxygens (including phenoxy) is 2. The molecule has 2 aliphatic heterocycles. The molecule has 0 N–H and O–H groups in total. The molecule has 9 nitrogen and oxygen atoms in total. The molecule has 0 aliphatic carbocycles. The summed E-state index contributed by atoms with van der Waals surface area (Å²) >= 11 is 3.12. The van der Waals surface area contributed by atoms with E-state index < -0.39 is 10.0 Å². The molecule has 0 unspecified atom stereocenters. The van der Waals surface area contributed by atoms with Crippen molar-refractivity contribution in [1.82, 2.24) is 14.2 Å². The van der Waals surface area contributed by atoms with Crippen molar-refractivity contribution in [2.75, 3.05) is 76.9 Å². The summed E-state index contributed by atoms with van der Waals surface area (Å²) < 4.78 is 39.2. The maximum atomic E-state index is 13.8. The lowest BCUT2D eigenvalue weighted by Crippen LogP contribution is -2.43.